The number of carboxylic acids is 2. The summed E-state index contributed by atoms with van der Waals surface area (Å²) in [5, 5.41) is 18.0. The SMILES string of the molecule is C[C@@H](O[Si](C)(C)C(C)(C)C)[C@H]1C(=O)N(CC(=O)O)[C@@H]1C(=O)O. The first-order chi connectivity index (χ1) is 9.79. The highest BCUT2D eigenvalue weighted by Gasteiger charge is 2.56. The first-order valence-corrected chi connectivity index (χ1v) is 10.1. The molecule has 0 aromatic carbocycles. The second-order valence-electron chi connectivity index (χ2n) is 7.25. The number of aliphatic carboxylic acids is 2. The van der Waals surface area contributed by atoms with Crippen LogP contribution in [0.15, 0.2) is 0 Å². The van der Waals surface area contributed by atoms with Gasteiger partial charge in [0.15, 0.2) is 8.32 Å². The van der Waals surface area contributed by atoms with Crippen molar-refractivity contribution in [2.45, 2.75) is 58.0 Å². The van der Waals surface area contributed by atoms with Gasteiger partial charge in [-0.15, -0.1) is 0 Å². The molecule has 8 heteroatoms. The molecule has 0 aromatic rings. The molecule has 2 N–H and O–H groups in total. The van der Waals surface area contributed by atoms with E-state index in [4.69, 9.17) is 9.53 Å². The molecule has 3 atom stereocenters. The zero-order valence-electron chi connectivity index (χ0n) is 13.9. The Kier molecular flexibility index (Phi) is 5.08. The van der Waals surface area contributed by atoms with E-state index >= 15 is 0 Å². The van der Waals surface area contributed by atoms with E-state index in [2.05, 4.69) is 20.8 Å². The minimum absolute atomic E-state index is 0.0620. The predicted octanol–water partition coefficient (Wildman–Crippen LogP) is 1.39. The van der Waals surface area contributed by atoms with Crippen LogP contribution >= 0.6 is 0 Å². The Hall–Kier alpha value is -1.41. The Morgan fingerprint density at radius 2 is 1.82 bits per heavy atom. The Balaban J connectivity index is 2.89. The van der Waals surface area contributed by atoms with Crippen LogP contribution in [0.3, 0.4) is 0 Å². The number of carbonyl (C=O) groups is 3. The molecule has 1 heterocycles. The largest absolute Gasteiger partial charge is 0.480 e. The van der Waals surface area contributed by atoms with Crippen LogP contribution in [-0.2, 0) is 18.8 Å². The molecule has 1 saturated heterocycles. The Bertz CT molecular complexity index is 484. The zero-order chi connectivity index (χ0) is 17.5. The maximum atomic E-state index is 12.1. The highest BCUT2D eigenvalue weighted by atomic mass is 28.4. The molecule has 1 rings (SSSR count). The summed E-state index contributed by atoms with van der Waals surface area (Å²) in [5.74, 6) is -3.72. The number of nitrogens with zero attached hydrogens (tertiary/aromatic N) is 1. The molecule has 1 aliphatic rings. The maximum Gasteiger partial charge on any atom is 0.327 e. The van der Waals surface area contributed by atoms with Crippen molar-refractivity contribution in [2.75, 3.05) is 6.54 Å². The molecule has 0 aliphatic carbocycles. The van der Waals surface area contributed by atoms with E-state index in [0.717, 1.165) is 4.90 Å². The standard InChI is InChI=1S/C14H25NO6Si/c1-8(21-22(5,6)14(2,3)4)10-11(13(19)20)15(12(10)18)7-9(16)17/h8,10-11H,7H2,1-6H3,(H,16,17)(H,19,20)/t8-,10-,11+/m1/s1. The van der Waals surface area contributed by atoms with Crippen LogP contribution in [0.5, 0.6) is 0 Å². The van der Waals surface area contributed by atoms with E-state index in [1.807, 2.05) is 13.1 Å². The Labute approximate surface area is 131 Å². The second-order valence-corrected chi connectivity index (χ2v) is 12.0. The topological polar surface area (TPSA) is 104 Å². The average Bonchev–Trinajstić information content (AvgIpc) is 2.29. The fourth-order valence-corrected chi connectivity index (χ4v) is 3.79. The van der Waals surface area contributed by atoms with Crippen molar-refractivity contribution in [1.29, 1.82) is 0 Å². The molecule has 22 heavy (non-hydrogen) atoms. The summed E-state index contributed by atoms with van der Waals surface area (Å²) >= 11 is 0. The molecule has 1 amide bonds. The normalized spacial score (nSPS) is 23.9. The lowest BCUT2D eigenvalue weighted by molar-refractivity contribution is -0.179. The predicted molar refractivity (Wildman–Crippen MR) is 82.0 cm³/mol. The number of hydrogen-bond donors (Lipinski definition) is 2. The number of carboxylic acid groups (broad SMARTS) is 2. The molecular formula is C14H25NO6Si. The number of rotatable bonds is 6. The van der Waals surface area contributed by atoms with Crippen LogP contribution in [0.1, 0.15) is 27.7 Å². The lowest BCUT2D eigenvalue weighted by Gasteiger charge is -2.48. The highest BCUT2D eigenvalue weighted by molar-refractivity contribution is 6.74. The third kappa shape index (κ3) is 3.49. The highest BCUT2D eigenvalue weighted by Crippen LogP contribution is 2.40. The fraction of sp³-hybridized carbons (Fsp3) is 0.786. The minimum Gasteiger partial charge on any atom is -0.480 e. The summed E-state index contributed by atoms with van der Waals surface area (Å²) in [7, 11) is -2.14. The van der Waals surface area contributed by atoms with Crippen molar-refractivity contribution in [3.05, 3.63) is 0 Å². The molecule has 0 saturated carbocycles. The Morgan fingerprint density at radius 1 is 1.32 bits per heavy atom. The number of β-lactam (4-membered cyclic amide) rings is 1. The van der Waals surface area contributed by atoms with Crippen LogP contribution in [0.4, 0.5) is 0 Å². The Morgan fingerprint density at radius 3 is 2.18 bits per heavy atom. The van der Waals surface area contributed by atoms with Gasteiger partial charge in [0.05, 0.1) is 12.0 Å². The van der Waals surface area contributed by atoms with E-state index in [0.29, 0.717) is 0 Å². The van der Waals surface area contributed by atoms with Gasteiger partial charge in [-0.2, -0.15) is 0 Å². The van der Waals surface area contributed by atoms with Crippen molar-refractivity contribution in [3.63, 3.8) is 0 Å². The van der Waals surface area contributed by atoms with E-state index < -0.39 is 50.8 Å². The van der Waals surface area contributed by atoms with Gasteiger partial charge in [-0.1, -0.05) is 20.8 Å². The van der Waals surface area contributed by atoms with Crippen LogP contribution in [0, 0.1) is 5.92 Å². The number of carbonyl (C=O) groups excluding carboxylic acids is 1. The first kappa shape index (κ1) is 18.6. The third-order valence-corrected chi connectivity index (χ3v) is 9.17. The molecule has 1 aliphatic heterocycles. The summed E-state index contributed by atoms with van der Waals surface area (Å²) in [5.41, 5.74) is 0. The lowest BCUT2D eigenvalue weighted by atomic mass is 9.83. The lowest BCUT2D eigenvalue weighted by Crippen LogP contribution is -2.69. The zero-order valence-corrected chi connectivity index (χ0v) is 14.9. The molecular weight excluding hydrogens is 306 g/mol. The molecule has 0 spiro atoms. The third-order valence-electron chi connectivity index (χ3n) is 4.60. The molecule has 0 unspecified atom stereocenters. The molecule has 0 aromatic heterocycles. The quantitative estimate of drug-likeness (QED) is 0.563. The maximum absolute atomic E-state index is 12.1. The first-order valence-electron chi connectivity index (χ1n) is 7.22. The van der Waals surface area contributed by atoms with Crippen molar-refractivity contribution >= 4 is 26.2 Å². The van der Waals surface area contributed by atoms with Crippen LogP contribution in [0.25, 0.3) is 0 Å². The second kappa shape index (κ2) is 6.00. The van der Waals surface area contributed by atoms with Crippen LogP contribution in [0.2, 0.25) is 18.1 Å². The number of hydrogen-bond acceptors (Lipinski definition) is 4. The smallest absolute Gasteiger partial charge is 0.327 e. The molecule has 126 valence electrons. The number of amides is 1. The number of likely N-dealkylation sites (tertiary alicyclic amines) is 1. The van der Waals surface area contributed by atoms with E-state index in [1.165, 1.54) is 0 Å². The van der Waals surface area contributed by atoms with Gasteiger partial charge < -0.3 is 19.5 Å². The van der Waals surface area contributed by atoms with E-state index in [-0.39, 0.29) is 5.04 Å². The van der Waals surface area contributed by atoms with Crippen molar-refractivity contribution in [1.82, 2.24) is 4.90 Å². The monoisotopic (exact) mass is 331 g/mol. The summed E-state index contributed by atoms with van der Waals surface area (Å²) in [6.07, 6.45) is -0.556. The van der Waals surface area contributed by atoms with Gasteiger partial charge in [0.1, 0.15) is 12.6 Å². The average molecular weight is 331 g/mol. The van der Waals surface area contributed by atoms with Gasteiger partial charge in [-0.3, -0.25) is 9.59 Å². The van der Waals surface area contributed by atoms with Gasteiger partial charge in [0.2, 0.25) is 5.91 Å². The van der Waals surface area contributed by atoms with E-state index in [9.17, 15) is 19.5 Å². The summed E-state index contributed by atoms with van der Waals surface area (Å²) in [6, 6.07) is -1.14. The van der Waals surface area contributed by atoms with Gasteiger partial charge in [0.25, 0.3) is 0 Å². The molecule has 0 radical (unpaired) electrons. The molecule has 1 fully saturated rings. The molecule has 7 nitrogen and oxygen atoms in total. The van der Waals surface area contributed by atoms with Gasteiger partial charge in [-0.05, 0) is 25.1 Å². The summed E-state index contributed by atoms with van der Waals surface area (Å²) in [4.78, 5) is 35.1. The van der Waals surface area contributed by atoms with Crippen molar-refractivity contribution in [2.24, 2.45) is 5.92 Å². The summed E-state index contributed by atoms with van der Waals surface area (Å²) < 4.78 is 6.09. The van der Waals surface area contributed by atoms with E-state index in [1.54, 1.807) is 6.92 Å². The van der Waals surface area contributed by atoms with Crippen LogP contribution in [-0.4, -0.2) is 60.0 Å². The van der Waals surface area contributed by atoms with Gasteiger partial charge >= 0.3 is 11.9 Å². The summed E-state index contributed by atoms with van der Waals surface area (Å²) in [6.45, 7) is 11.3. The van der Waals surface area contributed by atoms with Crippen molar-refractivity contribution < 1.29 is 29.0 Å². The van der Waals surface area contributed by atoms with Gasteiger partial charge in [-0.25, -0.2) is 4.79 Å². The minimum atomic E-state index is -2.14. The van der Waals surface area contributed by atoms with Gasteiger partial charge in [0, 0.05) is 0 Å². The van der Waals surface area contributed by atoms with Crippen molar-refractivity contribution in [3.8, 4) is 0 Å². The fourth-order valence-electron chi connectivity index (χ4n) is 2.36. The van der Waals surface area contributed by atoms with Crippen LogP contribution < -0.4 is 0 Å². The molecule has 0 bridgehead atoms.